The zero-order valence-corrected chi connectivity index (χ0v) is 12.0. The molecule has 0 N–H and O–H groups in total. The summed E-state index contributed by atoms with van der Waals surface area (Å²) >= 11 is 0. The fraction of sp³-hybridized carbons (Fsp3) is 0.500. The van der Waals surface area contributed by atoms with E-state index in [-0.39, 0.29) is 0 Å². The maximum Gasteiger partial charge on any atom is 0.334 e. The highest BCUT2D eigenvalue weighted by Gasteiger charge is 2.37. The first-order chi connectivity index (χ1) is 9.86. The fourth-order valence-corrected chi connectivity index (χ4v) is 2.09. The molecule has 0 saturated carbocycles. The summed E-state index contributed by atoms with van der Waals surface area (Å²) in [6.45, 7) is 4.28. The summed E-state index contributed by atoms with van der Waals surface area (Å²) in [6, 6.07) is 0. The Hall–Kier alpha value is -2.15. The van der Waals surface area contributed by atoms with Crippen LogP contribution in [0.15, 0.2) is 23.3 Å². The number of rotatable bonds is 3. The molecule has 2 aliphatic rings. The Balaban J connectivity index is 2.13. The smallest absolute Gasteiger partial charge is 0.334 e. The summed E-state index contributed by atoms with van der Waals surface area (Å²) in [5, 5.41) is 0. The van der Waals surface area contributed by atoms with Gasteiger partial charge in [-0.1, -0.05) is 6.08 Å². The van der Waals surface area contributed by atoms with Gasteiger partial charge < -0.3 is 18.9 Å². The molecule has 0 aromatic heterocycles. The first-order valence-electron chi connectivity index (χ1n) is 6.45. The van der Waals surface area contributed by atoms with Crippen LogP contribution in [0.25, 0.3) is 0 Å². The van der Waals surface area contributed by atoms with E-state index >= 15 is 0 Å². The molecular weight excluding hydrogens is 280 g/mol. The van der Waals surface area contributed by atoms with E-state index in [2.05, 4.69) is 0 Å². The number of hydrogen-bond acceptors (Lipinski definition) is 7. The molecule has 0 bridgehead atoms. The van der Waals surface area contributed by atoms with Gasteiger partial charge in [0.15, 0.2) is 0 Å². The van der Waals surface area contributed by atoms with Crippen molar-refractivity contribution in [3.63, 3.8) is 0 Å². The average molecular weight is 296 g/mol. The van der Waals surface area contributed by atoms with Crippen LogP contribution < -0.4 is 0 Å². The number of esters is 3. The summed E-state index contributed by atoms with van der Waals surface area (Å²) in [4.78, 5) is 33.5. The number of ether oxygens (including phenoxy) is 4. The molecule has 0 spiro atoms. The van der Waals surface area contributed by atoms with Crippen molar-refractivity contribution < 1.29 is 33.3 Å². The lowest BCUT2D eigenvalue weighted by Gasteiger charge is -2.30. The van der Waals surface area contributed by atoms with Crippen LogP contribution in [-0.4, -0.2) is 36.6 Å². The van der Waals surface area contributed by atoms with Crippen LogP contribution in [-0.2, 0) is 33.3 Å². The number of carbonyl (C=O) groups is 3. The van der Waals surface area contributed by atoms with Gasteiger partial charge in [0.25, 0.3) is 6.29 Å². The number of hydrogen-bond donors (Lipinski definition) is 0. The highest BCUT2D eigenvalue weighted by molar-refractivity contribution is 5.86. The van der Waals surface area contributed by atoms with Gasteiger partial charge in [0.05, 0.1) is 6.10 Å². The molecular formula is C14H16O7. The largest absolute Gasteiger partial charge is 0.432 e. The van der Waals surface area contributed by atoms with Crippen molar-refractivity contribution in [3.8, 4) is 0 Å². The van der Waals surface area contributed by atoms with Crippen LogP contribution in [0.4, 0.5) is 0 Å². The van der Waals surface area contributed by atoms with E-state index < -0.39 is 36.6 Å². The van der Waals surface area contributed by atoms with Crippen LogP contribution in [0.5, 0.6) is 0 Å². The van der Waals surface area contributed by atoms with Crippen LogP contribution in [0.2, 0.25) is 0 Å². The van der Waals surface area contributed by atoms with E-state index in [1.807, 2.05) is 6.08 Å². The summed E-state index contributed by atoms with van der Waals surface area (Å²) in [5.74, 6) is -1.65. The Morgan fingerprint density at radius 2 is 1.81 bits per heavy atom. The minimum atomic E-state index is -1.09. The summed E-state index contributed by atoms with van der Waals surface area (Å²) < 4.78 is 20.5. The van der Waals surface area contributed by atoms with Crippen LogP contribution in [0.3, 0.4) is 0 Å². The molecule has 2 aliphatic heterocycles. The number of carbonyl (C=O) groups excluding carboxylic acids is 3. The first-order valence-corrected chi connectivity index (χ1v) is 6.45. The van der Waals surface area contributed by atoms with Crippen molar-refractivity contribution in [2.45, 2.75) is 45.9 Å². The molecule has 0 radical (unpaired) electrons. The summed E-state index contributed by atoms with van der Waals surface area (Å²) in [7, 11) is 0. The predicted octanol–water partition coefficient (Wildman–Crippen LogP) is 0.983. The van der Waals surface area contributed by atoms with Gasteiger partial charge in [0, 0.05) is 25.5 Å². The van der Waals surface area contributed by atoms with Crippen LogP contribution in [0.1, 0.15) is 27.2 Å². The van der Waals surface area contributed by atoms with E-state index in [1.165, 1.54) is 19.9 Å². The molecule has 2 rings (SSSR count). The van der Waals surface area contributed by atoms with Crippen LogP contribution in [0, 0.1) is 0 Å². The van der Waals surface area contributed by atoms with Crippen molar-refractivity contribution in [2.75, 3.05) is 0 Å². The van der Waals surface area contributed by atoms with E-state index in [0.29, 0.717) is 12.0 Å². The van der Waals surface area contributed by atoms with Gasteiger partial charge in [-0.3, -0.25) is 9.59 Å². The van der Waals surface area contributed by atoms with Gasteiger partial charge in [-0.15, -0.1) is 0 Å². The lowest BCUT2D eigenvalue weighted by molar-refractivity contribution is -0.183. The van der Waals surface area contributed by atoms with Crippen molar-refractivity contribution >= 4 is 17.9 Å². The number of cyclic esters (lactones) is 1. The van der Waals surface area contributed by atoms with Gasteiger partial charge in [-0.05, 0) is 18.9 Å². The fourth-order valence-electron chi connectivity index (χ4n) is 2.09. The molecule has 0 amide bonds. The molecule has 0 aliphatic carbocycles. The molecule has 7 nitrogen and oxygen atoms in total. The van der Waals surface area contributed by atoms with Gasteiger partial charge in [0.1, 0.15) is 0 Å². The Morgan fingerprint density at radius 3 is 2.43 bits per heavy atom. The summed E-state index contributed by atoms with van der Waals surface area (Å²) in [5.41, 5.74) is 1.16. The quantitative estimate of drug-likeness (QED) is 0.566. The Bertz CT molecular complexity index is 531. The molecule has 3 atom stereocenters. The second-order valence-corrected chi connectivity index (χ2v) is 4.77. The van der Waals surface area contributed by atoms with Gasteiger partial charge >= 0.3 is 17.9 Å². The zero-order chi connectivity index (χ0) is 15.6. The SMILES string of the molecule is CC(=O)O[C@@H]1O[C@@H](C2=CC(=O)O[C@H]2OC(C)=O)CC=C1C. The zero-order valence-electron chi connectivity index (χ0n) is 12.0. The third-order valence-corrected chi connectivity index (χ3v) is 3.01. The third kappa shape index (κ3) is 3.69. The molecule has 7 heteroatoms. The van der Waals surface area contributed by atoms with E-state index in [9.17, 15) is 14.4 Å². The molecule has 21 heavy (non-hydrogen) atoms. The molecule has 2 heterocycles. The minimum absolute atomic E-state index is 0.399. The maximum atomic E-state index is 11.4. The van der Waals surface area contributed by atoms with Crippen LogP contribution >= 0.6 is 0 Å². The van der Waals surface area contributed by atoms with Gasteiger partial charge in [-0.2, -0.15) is 0 Å². The second kappa shape index (κ2) is 6.09. The molecule has 0 saturated heterocycles. The molecule has 0 unspecified atom stereocenters. The standard InChI is InChI=1S/C14H16O7/c1-7-4-5-11(20-13(7)18-8(2)15)10-6-12(17)21-14(10)19-9(3)16/h4,6,11,13-14H,5H2,1-3H3/t11-,13-,14-/m1/s1. The molecule has 114 valence electrons. The predicted molar refractivity (Wildman–Crippen MR) is 68.5 cm³/mol. The van der Waals surface area contributed by atoms with E-state index in [1.54, 1.807) is 6.92 Å². The van der Waals surface area contributed by atoms with Crippen molar-refractivity contribution in [3.05, 3.63) is 23.3 Å². The Labute approximate surface area is 121 Å². The minimum Gasteiger partial charge on any atom is -0.432 e. The molecule has 0 fully saturated rings. The Kier molecular flexibility index (Phi) is 4.42. The van der Waals surface area contributed by atoms with Gasteiger partial charge in [0.2, 0.25) is 6.29 Å². The normalized spacial score (nSPS) is 28.3. The third-order valence-electron chi connectivity index (χ3n) is 3.01. The Morgan fingerprint density at radius 1 is 1.19 bits per heavy atom. The molecule has 0 aromatic rings. The highest BCUT2D eigenvalue weighted by atomic mass is 16.7. The highest BCUT2D eigenvalue weighted by Crippen LogP contribution is 2.30. The summed E-state index contributed by atoms with van der Waals surface area (Å²) in [6.07, 6.45) is 1.06. The topological polar surface area (TPSA) is 88.1 Å². The maximum absolute atomic E-state index is 11.4. The van der Waals surface area contributed by atoms with E-state index in [0.717, 1.165) is 5.57 Å². The monoisotopic (exact) mass is 296 g/mol. The van der Waals surface area contributed by atoms with E-state index in [4.69, 9.17) is 18.9 Å². The lowest BCUT2D eigenvalue weighted by Crippen LogP contribution is -2.35. The van der Waals surface area contributed by atoms with Gasteiger partial charge in [-0.25, -0.2) is 4.79 Å². The van der Waals surface area contributed by atoms with Crippen molar-refractivity contribution in [2.24, 2.45) is 0 Å². The second-order valence-electron chi connectivity index (χ2n) is 4.77. The molecule has 0 aromatic carbocycles. The lowest BCUT2D eigenvalue weighted by atomic mass is 10.0. The van der Waals surface area contributed by atoms with Crippen molar-refractivity contribution in [1.82, 2.24) is 0 Å². The first kappa shape index (κ1) is 15.2. The average Bonchev–Trinajstić information content (AvgIpc) is 2.71. The van der Waals surface area contributed by atoms with Crippen molar-refractivity contribution in [1.29, 1.82) is 0 Å².